The Hall–Kier alpha value is -2.04. The largest absolute Gasteiger partial charge is 0.480 e. The minimum Gasteiger partial charge on any atom is -0.480 e. The van der Waals surface area contributed by atoms with Crippen LogP contribution in [0.2, 0.25) is 0 Å². The van der Waals surface area contributed by atoms with Crippen molar-refractivity contribution in [3.05, 3.63) is 36.7 Å². The highest BCUT2D eigenvalue weighted by Crippen LogP contribution is 1.98. The van der Waals surface area contributed by atoms with E-state index < -0.39 is 17.9 Å². The zero-order chi connectivity index (χ0) is 11.3. The Morgan fingerprint density at radius 3 is 2.87 bits per heavy atom. The van der Waals surface area contributed by atoms with E-state index in [-0.39, 0.29) is 6.42 Å². The molecule has 1 amide bonds. The van der Waals surface area contributed by atoms with Crippen molar-refractivity contribution in [3.63, 3.8) is 0 Å². The summed E-state index contributed by atoms with van der Waals surface area (Å²) < 4.78 is 0. The molecule has 0 aliphatic rings. The lowest BCUT2D eigenvalue weighted by Crippen LogP contribution is -2.40. The predicted octanol–water partition coefficient (Wildman–Crippen LogP) is 0.774. The lowest BCUT2D eigenvalue weighted by Gasteiger charge is -2.11. The topological polar surface area (TPSA) is 82.2 Å². The van der Waals surface area contributed by atoms with Crippen LogP contribution in [0.3, 0.4) is 0 Å². The van der Waals surface area contributed by atoms with Gasteiger partial charge in [0.25, 0.3) is 5.91 Å². The highest BCUT2D eigenvalue weighted by atomic mass is 16.4. The van der Waals surface area contributed by atoms with Gasteiger partial charge in [-0.1, -0.05) is 6.08 Å². The van der Waals surface area contributed by atoms with E-state index in [1.165, 1.54) is 6.08 Å². The molecule has 1 atom stereocenters. The van der Waals surface area contributed by atoms with Crippen LogP contribution in [0.4, 0.5) is 0 Å². The summed E-state index contributed by atoms with van der Waals surface area (Å²) in [5.41, 5.74) is 0.338. The molecule has 1 rings (SSSR count). The molecule has 0 spiro atoms. The molecular formula is C10H12N2O3. The number of carbonyl (C=O) groups excluding carboxylic acids is 1. The quantitative estimate of drug-likeness (QED) is 0.625. The molecular weight excluding hydrogens is 196 g/mol. The number of aliphatic carboxylic acids is 1. The fourth-order valence-corrected chi connectivity index (χ4v) is 1.10. The van der Waals surface area contributed by atoms with Crippen molar-refractivity contribution >= 4 is 11.9 Å². The van der Waals surface area contributed by atoms with E-state index >= 15 is 0 Å². The molecule has 5 nitrogen and oxygen atoms in total. The molecule has 80 valence electrons. The van der Waals surface area contributed by atoms with E-state index in [0.717, 1.165) is 0 Å². The fourth-order valence-electron chi connectivity index (χ4n) is 1.10. The Labute approximate surface area is 86.8 Å². The van der Waals surface area contributed by atoms with Gasteiger partial charge >= 0.3 is 5.97 Å². The van der Waals surface area contributed by atoms with E-state index in [0.29, 0.717) is 5.69 Å². The molecule has 1 unspecified atom stereocenters. The normalized spacial score (nSPS) is 11.7. The third-order valence-corrected chi connectivity index (χ3v) is 1.85. The zero-order valence-corrected chi connectivity index (χ0v) is 8.06. The van der Waals surface area contributed by atoms with Gasteiger partial charge in [-0.3, -0.25) is 4.79 Å². The molecule has 5 heteroatoms. The summed E-state index contributed by atoms with van der Waals surface area (Å²) in [5, 5.41) is 11.2. The number of aromatic nitrogens is 1. The van der Waals surface area contributed by atoms with Gasteiger partial charge in [-0.05, 0) is 18.6 Å². The number of carboxylic acid groups (broad SMARTS) is 1. The summed E-state index contributed by atoms with van der Waals surface area (Å²) in [4.78, 5) is 24.9. The molecule has 0 aliphatic carbocycles. The van der Waals surface area contributed by atoms with Crippen molar-refractivity contribution in [2.24, 2.45) is 0 Å². The number of amides is 1. The van der Waals surface area contributed by atoms with Crippen molar-refractivity contribution in [2.45, 2.75) is 12.5 Å². The van der Waals surface area contributed by atoms with Crippen LogP contribution in [-0.2, 0) is 4.79 Å². The Morgan fingerprint density at radius 2 is 2.40 bits per heavy atom. The van der Waals surface area contributed by atoms with Gasteiger partial charge in [0.05, 0.1) is 0 Å². The summed E-state index contributed by atoms with van der Waals surface area (Å²) in [5.74, 6) is -1.51. The number of aromatic amines is 1. The van der Waals surface area contributed by atoms with Crippen LogP contribution in [0.5, 0.6) is 0 Å². The van der Waals surface area contributed by atoms with Gasteiger partial charge in [0.1, 0.15) is 11.7 Å². The van der Waals surface area contributed by atoms with Crippen molar-refractivity contribution < 1.29 is 14.7 Å². The third kappa shape index (κ3) is 2.98. The number of carbonyl (C=O) groups is 2. The molecule has 0 aromatic carbocycles. The molecule has 1 aromatic rings. The zero-order valence-electron chi connectivity index (χ0n) is 8.06. The molecule has 1 aromatic heterocycles. The number of H-pyrrole nitrogens is 1. The summed E-state index contributed by atoms with van der Waals surface area (Å²) in [6, 6.07) is 2.30. The van der Waals surface area contributed by atoms with E-state index in [1.54, 1.807) is 18.3 Å². The van der Waals surface area contributed by atoms with Crippen LogP contribution in [0.15, 0.2) is 31.0 Å². The van der Waals surface area contributed by atoms with Crippen molar-refractivity contribution in [2.75, 3.05) is 0 Å². The Bertz CT molecular complexity index is 357. The van der Waals surface area contributed by atoms with Gasteiger partial charge in [0, 0.05) is 6.20 Å². The minimum absolute atomic E-state index is 0.196. The first-order chi connectivity index (χ1) is 7.15. The van der Waals surface area contributed by atoms with Crippen LogP contribution in [0.25, 0.3) is 0 Å². The summed E-state index contributed by atoms with van der Waals surface area (Å²) >= 11 is 0. The lowest BCUT2D eigenvalue weighted by molar-refractivity contribution is -0.139. The highest BCUT2D eigenvalue weighted by Gasteiger charge is 2.19. The van der Waals surface area contributed by atoms with Gasteiger partial charge in [-0.25, -0.2) is 4.79 Å². The highest BCUT2D eigenvalue weighted by molar-refractivity contribution is 5.95. The molecule has 0 radical (unpaired) electrons. The lowest BCUT2D eigenvalue weighted by atomic mass is 10.2. The molecule has 0 bridgehead atoms. The predicted molar refractivity (Wildman–Crippen MR) is 54.5 cm³/mol. The summed E-state index contributed by atoms with van der Waals surface area (Å²) in [6.07, 6.45) is 3.24. The molecule has 0 saturated carbocycles. The van der Waals surface area contributed by atoms with Crippen molar-refractivity contribution in [1.29, 1.82) is 0 Å². The second-order valence-electron chi connectivity index (χ2n) is 2.97. The smallest absolute Gasteiger partial charge is 0.326 e. The second kappa shape index (κ2) is 4.99. The van der Waals surface area contributed by atoms with Gasteiger partial charge in [0.2, 0.25) is 0 Å². The first-order valence-corrected chi connectivity index (χ1v) is 4.43. The first kappa shape index (κ1) is 11.0. The maximum Gasteiger partial charge on any atom is 0.326 e. The number of hydrogen-bond donors (Lipinski definition) is 3. The monoisotopic (exact) mass is 208 g/mol. The Morgan fingerprint density at radius 1 is 1.67 bits per heavy atom. The maximum atomic E-state index is 11.5. The summed E-state index contributed by atoms with van der Waals surface area (Å²) in [6.45, 7) is 3.43. The molecule has 0 saturated heterocycles. The van der Waals surface area contributed by atoms with Crippen molar-refractivity contribution in [3.8, 4) is 0 Å². The van der Waals surface area contributed by atoms with Crippen molar-refractivity contribution in [1.82, 2.24) is 10.3 Å². The van der Waals surface area contributed by atoms with E-state index in [2.05, 4.69) is 16.9 Å². The van der Waals surface area contributed by atoms with Gasteiger partial charge < -0.3 is 15.4 Å². The fraction of sp³-hybridized carbons (Fsp3) is 0.200. The Kier molecular flexibility index (Phi) is 3.68. The minimum atomic E-state index is -1.07. The maximum absolute atomic E-state index is 11.5. The SMILES string of the molecule is C=CCC(NC(=O)c1ccc[nH]1)C(=O)O. The standard InChI is InChI=1S/C10H12N2O3/c1-2-4-8(10(14)15)12-9(13)7-5-3-6-11-7/h2-3,5-6,8,11H,1,4H2,(H,12,13)(H,14,15). The number of rotatable bonds is 5. The average molecular weight is 208 g/mol. The molecule has 0 fully saturated rings. The van der Waals surface area contributed by atoms with Crippen LogP contribution in [0.1, 0.15) is 16.9 Å². The van der Waals surface area contributed by atoms with Gasteiger partial charge in [0.15, 0.2) is 0 Å². The number of nitrogens with one attached hydrogen (secondary N) is 2. The van der Waals surface area contributed by atoms with E-state index in [1.807, 2.05) is 0 Å². The Balaban J connectivity index is 2.62. The molecule has 3 N–H and O–H groups in total. The van der Waals surface area contributed by atoms with E-state index in [4.69, 9.17) is 5.11 Å². The van der Waals surface area contributed by atoms with Crippen LogP contribution in [0, 0.1) is 0 Å². The molecule has 1 heterocycles. The van der Waals surface area contributed by atoms with E-state index in [9.17, 15) is 9.59 Å². The van der Waals surface area contributed by atoms with Crippen LogP contribution in [-0.4, -0.2) is 28.0 Å². The summed E-state index contributed by atoms with van der Waals surface area (Å²) in [7, 11) is 0. The second-order valence-corrected chi connectivity index (χ2v) is 2.97. The molecule has 0 aliphatic heterocycles. The number of carboxylic acids is 1. The number of hydrogen-bond acceptors (Lipinski definition) is 2. The van der Waals surface area contributed by atoms with Gasteiger partial charge in [-0.2, -0.15) is 0 Å². The van der Waals surface area contributed by atoms with Crippen LogP contribution >= 0.6 is 0 Å². The molecule has 15 heavy (non-hydrogen) atoms. The first-order valence-electron chi connectivity index (χ1n) is 4.43. The third-order valence-electron chi connectivity index (χ3n) is 1.85. The average Bonchev–Trinajstić information content (AvgIpc) is 2.69. The van der Waals surface area contributed by atoms with Crippen LogP contribution < -0.4 is 5.32 Å². The van der Waals surface area contributed by atoms with Gasteiger partial charge in [-0.15, -0.1) is 6.58 Å².